The first kappa shape index (κ1) is 15.6. The Hall–Kier alpha value is -2.29. The molecule has 3 heteroatoms. The number of rotatable bonds is 3. The summed E-state index contributed by atoms with van der Waals surface area (Å²) in [5, 5.41) is 0. The Bertz CT molecular complexity index is 666. The van der Waals surface area contributed by atoms with Crippen LogP contribution < -0.4 is 0 Å². The maximum atomic E-state index is 12.2. The van der Waals surface area contributed by atoms with Gasteiger partial charge in [0.05, 0.1) is 0 Å². The molecule has 1 atom stereocenters. The van der Waals surface area contributed by atoms with Crippen molar-refractivity contribution in [3.8, 4) is 0 Å². The standard InChI is InChI=1S/C20H23NO2/c1-3-9-16-15(4-2)17-10-5-6-11-18(17)19(16)14-23-20(22)21-12-7-8-13-21/h3-6,9-11,19H,1,7-8,12-14H2,2H3/b15-4+,16-9+. The first-order chi connectivity index (χ1) is 11.3. The van der Waals surface area contributed by atoms with Crippen molar-refractivity contribution >= 4 is 11.7 Å². The van der Waals surface area contributed by atoms with Crippen molar-refractivity contribution in [2.75, 3.05) is 19.7 Å². The molecule has 0 aromatic heterocycles. The highest BCUT2D eigenvalue weighted by Gasteiger charge is 2.32. The second-order valence-corrected chi connectivity index (χ2v) is 5.97. The second-order valence-electron chi connectivity index (χ2n) is 5.97. The number of hydrogen-bond acceptors (Lipinski definition) is 2. The first-order valence-electron chi connectivity index (χ1n) is 8.26. The van der Waals surface area contributed by atoms with Crippen LogP contribution in [-0.4, -0.2) is 30.7 Å². The Labute approximate surface area is 137 Å². The van der Waals surface area contributed by atoms with Gasteiger partial charge in [0.1, 0.15) is 6.61 Å². The smallest absolute Gasteiger partial charge is 0.409 e. The van der Waals surface area contributed by atoms with E-state index >= 15 is 0 Å². The van der Waals surface area contributed by atoms with E-state index in [1.165, 1.54) is 22.3 Å². The molecule has 1 saturated heterocycles. The van der Waals surface area contributed by atoms with Gasteiger partial charge in [-0.2, -0.15) is 0 Å². The molecule has 1 fully saturated rings. The van der Waals surface area contributed by atoms with Crippen LogP contribution >= 0.6 is 0 Å². The fourth-order valence-corrected chi connectivity index (χ4v) is 3.54. The van der Waals surface area contributed by atoms with Gasteiger partial charge in [0, 0.05) is 19.0 Å². The van der Waals surface area contributed by atoms with Gasteiger partial charge in [-0.15, -0.1) is 0 Å². The topological polar surface area (TPSA) is 29.5 Å². The van der Waals surface area contributed by atoms with Gasteiger partial charge in [-0.1, -0.05) is 49.1 Å². The summed E-state index contributed by atoms with van der Waals surface area (Å²) in [4.78, 5) is 14.0. The van der Waals surface area contributed by atoms with Crippen molar-refractivity contribution < 1.29 is 9.53 Å². The van der Waals surface area contributed by atoms with Gasteiger partial charge < -0.3 is 9.64 Å². The van der Waals surface area contributed by atoms with Crippen molar-refractivity contribution in [3.05, 3.63) is 65.8 Å². The fourth-order valence-electron chi connectivity index (χ4n) is 3.54. The third-order valence-electron chi connectivity index (χ3n) is 4.64. The van der Waals surface area contributed by atoms with Crippen LogP contribution in [0.4, 0.5) is 4.79 Å². The zero-order valence-corrected chi connectivity index (χ0v) is 13.6. The van der Waals surface area contributed by atoms with Crippen LogP contribution in [0.2, 0.25) is 0 Å². The highest BCUT2D eigenvalue weighted by molar-refractivity contribution is 5.88. The van der Waals surface area contributed by atoms with Crippen LogP contribution in [0, 0.1) is 0 Å². The van der Waals surface area contributed by atoms with Gasteiger partial charge in [-0.3, -0.25) is 0 Å². The summed E-state index contributed by atoms with van der Waals surface area (Å²) >= 11 is 0. The summed E-state index contributed by atoms with van der Waals surface area (Å²) in [5.41, 5.74) is 4.84. The minimum atomic E-state index is -0.188. The number of likely N-dealkylation sites (tertiary alicyclic amines) is 1. The van der Waals surface area contributed by atoms with E-state index in [2.05, 4.69) is 24.8 Å². The molecule has 0 radical (unpaired) electrons. The van der Waals surface area contributed by atoms with E-state index in [-0.39, 0.29) is 12.0 Å². The summed E-state index contributed by atoms with van der Waals surface area (Å²) in [7, 11) is 0. The zero-order chi connectivity index (χ0) is 16.2. The quantitative estimate of drug-likeness (QED) is 0.821. The van der Waals surface area contributed by atoms with Crippen LogP contribution in [0.25, 0.3) is 5.57 Å². The molecule has 1 aromatic carbocycles. The molecule has 1 unspecified atom stereocenters. The molecule has 3 rings (SSSR count). The van der Waals surface area contributed by atoms with Gasteiger partial charge in [0.15, 0.2) is 0 Å². The summed E-state index contributed by atoms with van der Waals surface area (Å²) in [6, 6.07) is 8.34. The third-order valence-corrected chi connectivity index (χ3v) is 4.64. The zero-order valence-electron chi connectivity index (χ0n) is 13.6. The SMILES string of the molecule is C=C/C=C1\C(=C/C)c2ccccc2C1COC(=O)N1CCCC1. The van der Waals surface area contributed by atoms with Gasteiger partial charge >= 0.3 is 6.09 Å². The molecule has 23 heavy (non-hydrogen) atoms. The lowest BCUT2D eigenvalue weighted by Crippen LogP contribution is -2.29. The number of nitrogens with zero attached hydrogens (tertiary/aromatic N) is 1. The number of fused-ring (bicyclic) bond motifs is 1. The van der Waals surface area contributed by atoms with Crippen LogP contribution in [-0.2, 0) is 4.74 Å². The third kappa shape index (κ3) is 2.96. The van der Waals surface area contributed by atoms with E-state index in [9.17, 15) is 4.79 Å². The molecule has 2 aliphatic rings. The lowest BCUT2D eigenvalue weighted by atomic mass is 9.97. The number of ether oxygens (including phenoxy) is 1. The van der Waals surface area contributed by atoms with Crippen LogP contribution in [0.3, 0.4) is 0 Å². The highest BCUT2D eigenvalue weighted by atomic mass is 16.6. The predicted molar refractivity (Wildman–Crippen MR) is 93.3 cm³/mol. The molecule has 1 aliphatic heterocycles. The molecule has 1 aliphatic carbocycles. The molecular weight excluding hydrogens is 286 g/mol. The molecular formula is C20H23NO2. The average molecular weight is 309 g/mol. The van der Waals surface area contributed by atoms with Crippen molar-refractivity contribution in [1.82, 2.24) is 4.90 Å². The Morgan fingerprint density at radius 3 is 2.78 bits per heavy atom. The number of carbonyl (C=O) groups excluding carboxylic acids is 1. The lowest BCUT2D eigenvalue weighted by molar-refractivity contribution is 0.108. The highest BCUT2D eigenvalue weighted by Crippen LogP contribution is 2.45. The van der Waals surface area contributed by atoms with E-state index in [0.29, 0.717) is 6.61 Å². The van der Waals surface area contributed by atoms with Crippen LogP contribution in [0.15, 0.2) is 54.6 Å². The summed E-state index contributed by atoms with van der Waals surface area (Å²) in [5.74, 6) is 0.0851. The van der Waals surface area contributed by atoms with Gasteiger partial charge in [0.2, 0.25) is 0 Å². The van der Waals surface area contributed by atoms with E-state index in [0.717, 1.165) is 25.9 Å². The maximum absolute atomic E-state index is 12.2. The second kappa shape index (κ2) is 6.86. The molecule has 0 saturated carbocycles. The lowest BCUT2D eigenvalue weighted by Gasteiger charge is -2.19. The largest absolute Gasteiger partial charge is 0.448 e. The minimum Gasteiger partial charge on any atom is -0.448 e. The minimum absolute atomic E-state index is 0.0851. The molecule has 1 aromatic rings. The van der Waals surface area contributed by atoms with E-state index in [1.54, 1.807) is 11.0 Å². The summed E-state index contributed by atoms with van der Waals surface area (Å²) in [6.45, 7) is 7.88. The molecule has 0 spiro atoms. The number of allylic oxidation sites excluding steroid dienone is 4. The maximum Gasteiger partial charge on any atom is 0.409 e. The molecule has 1 amide bonds. The van der Waals surface area contributed by atoms with Gasteiger partial charge in [-0.25, -0.2) is 4.79 Å². The first-order valence-corrected chi connectivity index (χ1v) is 8.26. The Kier molecular flexibility index (Phi) is 4.65. The normalized spacial score (nSPS) is 23.3. The van der Waals surface area contributed by atoms with E-state index in [4.69, 9.17) is 4.74 Å². The van der Waals surface area contributed by atoms with E-state index in [1.807, 2.05) is 25.1 Å². The fraction of sp³-hybridized carbons (Fsp3) is 0.350. The number of carbonyl (C=O) groups is 1. The molecule has 1 heterocycles. The number of benzene rings is 1. The number of hydrogen-bond donors (Lipinski definition) is 0. The average Bonchev–Trinajstić information content (AvgIpc) is 3.19. The van der Waals surface area contributed by atoms with Gasteiger partial charge in [-0.05, 0) is 42.0 Å². The predicted octanol–water partition coefficient (Wildman–Crippen LogP) is 4.53. The molecule has 3 nitrogen and oxygen atoms in total. The van der Waals surface area contributed by atoms with Crippen molar-refractivity contribution in [3.63, 3.8) is 0 Å². The monoisotopic (exact) mass is 309 g/mol. The van der Waals surface area contributed by atoms with Gasteiger partial charge in [0.25, 0.3) is 0 Å². The van der Waals surface area contributed by atoms with E-state index < -0.39 is 0 Å². The molecule has 0 bridgehead atoms. The van der Waals surface area contributed by atoms with Crippen LogP contribution in [0.5, 0.6) is 0 Å². The Morgan fingerprint density at radius 2 is 2.09 bits per heavy atom. The van der Waals surface area contributed by atoms with Crippen molar-refractivity contribution in [2.45, 2.75) is 25.7 Å². The summed E-state index contributed by atoms with van der Waals surface area (Å²) < 4.78 is 5.62. The van der Waals surface area contributed by atoms with Crippen molar-refractivity contribution in [1.29, 1.82) is 0 Å². The van der Waals surface area contributed by atoms with Crippen molar-refractivity contribution in [2.24, 2.45) is 0 Å². The van der Waals surface area contributed by atoms with Crippen LogP contribution in [0.1, 0.15) is 36.8 Å². The number of amides is 1. The summed E-state index contributed by atoms with van der Waals surface area (Å²) in [6.07, 6.45) is 7.92. The molecule has 0 N–H and O–H groups in total. The Morgan fingerprint density at radius 1 is 1.35 bits per heavy atom. The Balaban J connectivity index is 1.82. The molecule has 120 valence electrons.